The molecule has 21 heavy (non-hydrogen) atoms. The van der Waals surface area contributed by atoms with E-state index >= 15 is 0 Å². The molecule has 1 N–H and O–H groups in total. The zero-order chi connectivity index (χ0) is 15.1. The predicted molar refractivity (Wildman–Crippen MR) is 88.5 cm³/mol. The van der Waals surface area contributed by atoms with Gasteiger partial charge in [0.1, 0.15) is 0 Å². The fourth-order valence-corrected chi connectivity index (χ4v) is 5.64. The van der Waals surface area contributed by atoms with Crippen LogP contribution in [0.3, 0.4) is 0 Å². The van der Waals surface area contributed by atoms with Crippen molar-refractivity contribution in [2.75, 3.05) is 13.6 Å². The number of hydrogen-bond acceptors (Lipinski definition) is 2. The minimum Gasteiger partial charge on any atom is -0.370 e. The van der Waals surface area contributed by atoms with Gasteiger partial charge in [0.05, 0.1) is 11.7 Å². The van der Waals surface area contributed by atoms with Crippen molar-refractivity contribution < 1.29 is 4.74 Å². The van der Waals surface area contributed by atoms with Gasteiger partial charge in [0.2, 0.25) is 0 Å². The van der Waals surface area contributed by atoms with Crippen LogP contribution < -0.4 is 5.32 Å². The Morgan fingerprint density at radius 2 is 1.67 bits per heavy atom. The summed E-state index contributed by atoms with van der Waals surface area (Å²) in [6.45, 7) is 8.52. The SMILES string of the molecule is CNCC1(OC2CC3CCC2(C)C3(C)C)CCCCCC1. The van der Waals surface area contributed by atoms with Crippen molar-refractivity contribution in [2.24, 2.45) is 16.7 Å². The maximum atomic E-state index is 6.97. The van der Waals surface area contributed by atoms with Gasteiger partial charge in [-0.2, -0.15) is 0 Å². The molecule has 122 valence electrons. The molecule has 0 heterocycles. The van der Waals surface area contributed by atoms with Gasteiger partial charge in [0.25, 0.3) is 0 Å². The van der Waals surface area contributed by atoms with Crippen molar-refractivity contribution in [1.29, 1.82) is 0 Å². The van der Waals surface area contributed by atoms with Gasteiger partial charge in [-0.05, 0) is 55.9 Å². The Morgan fingerprint density at radius 3 is 2.14 bits per heavy atom. The Kier molecular flexibility index (Phi) is 4.16. The molecule has 0 amide bonds. The molecule has 3 unspecified atom stereocenters. The van der Waals surface area contributed by atoms with Gasteiger partial charge in [-0.25, -0.2) is 0 Å². The maximum Gasteiger partial charge on any atom is 0.0810 e. The Balaban J connectivity index is 1.78. The third-order valence-corrected chi connectivity index (χ3v) is 7.62. The third kappa shape index (κ3) is 2.47. The van der Waals surface area contributed by atoms with Crippen LogP contribution in [0, 0.1) is 16.7 Å². The zero-order valence-corrected chi connectivity index (χ0v) is 14.6. The van der Waals surface area contributed by atoms with Crippen molar-refractivity contribution in [1.82, 2.24) is 5.32 Å². The molecular formula is C19H35NO. The smallest absolute Gasteiger partial charge is 0.0810 e. The van der Waals surface area contributed by atoms with Crippen molar-refractivity contribution in [3.05, 3.63) is 0 Å². The molecular weight excluding hydrogens is 258 g/mol. The highest BCUT2D eigenvalue weighted by molar-refractivity contribution is 5.12. The predicted octanol–water partition coefficient (Wildman–Crippen LogP) is 4.53. The second-order valence-corrected chi connectivity index (χ2v) is 8.84. The quantitative estimate of drug-likeness (QED) is 0.769. The zero-order valence-electron chi connectivity index (χ0n) is 14.6. The fourth-order valence-electron chi connectivity index (χ4n) is 5.64. The van der Waals surface area contributed by atoms with Crippen molar-refractivity contribution in [2.45, 2.75) is 90.3 Å². The Morgan fingerprint density at radius 1 is 1.00 bits per heavy atom. The molecule has 2 nitrogen and oxygen atoms in total. The maximum absolute atomic E-state index is 6.97. The number of likely N-dealkylation sites (N-methyl/N-ethyl adjacent to an activating group) is 1. The Bertz CT molecular complexity index is 370. The normalized spacial score (nSPS) is 41.1. The minimum absolute atomic E-state index is 0.111. The molecule has 2 bridgehead atoms. The van der Waals surface area contributed by atoms with Crippen LogP contribution in [0.5, 0.6) is 0 Å². The van der Waals surface area contributed by atoms with Crippen LogP contribution in [-0.2, 0) is 4.74 Å². The summed E-state index contributed by atoms with van der Waals surface area (Å²) in [6, 6.07) is 0. The van der Waals surface area contributed by atoms with E-state index in [1.807, 2.05) is 0 Å². The first-order valence-corrected chi connectivity index (χ1v) is 9.26. The minimum atomic E-state index is 0.111. The highest BCUT2D eigenvalue weighted by Crippen LogP contribution is 2.66. The van der Waals surface area contributed by atoms with E-state index < -0.39 is 0 Å². The van der Waals surface area contributed by atoms with E-state index in [1.54, 1.807) is 0 Å². The first-order valence-electron chi connectivity index (χ1n) is 9.26. The average Bonchev–Trinajstić information content (AvgIpc) is 2.70. The lowest BCUT2D eigenvalue weighted by Gasteiger charge is -2.44. The van der Waals surface area contributed by atoms with E-state index in [0.717, 1.165) is 12.5 Å². The van der Waals surface area contributed by atoms with Gasteiger partial charge in [0.15, 0.2) is 0 Å². The number of hydrogen-bond donors (Lipinski definition) is 1. The van der Waals surface area contributed by atoms with Crippen molar-refractivity contribution >= 4 is 0 Å². The molecule has 0 radical (unpaired) electrons. The second kappa shape index (κ2) is 5.53. The van der Waals surface area contributed by atoms with E-state index in [4.69, 9.17) is 4.74 Å². The third-order valence-electron chi connectivity index (χ3n) is 7.62. The number of nitrogens with one attached hydrogen (secondary N) is 1. The van der Waals surface area contributed by atoms with Crippen molar-refractivity contribution in [3.8, 4) is 0 Å². The van der Waals surface area contributed by atoms with Gasteiger partial charge in [-0.3, -0.25) is 0 Å². The lowest BCUT2D eigenvalue weighted by Crippen LogP contribution is -2.48. The molecule has 0 aromatic heterocycles. The van der Waals surface area contributed by atoms with Crippen LogP contribution in [0.2, 0.25) is 0 Å². The summed E-state index contributed by atoms with van der Waals surface area (Å²) in [6.07, 6.45) is 12.6. The van der Waals surface area contributed by atoms with Gasteiger partial charge in [-0.15, -0.1) is 0 Å². The highest BCUT2D eigenvalue weighted by Gasteiger charge is 2.62. The van der Waals surface area contributed by atoms with Crippen LogP contribution in [0.25, 0.3) is 0 Å². The van der Waals surface area contributed by atoms with E-state index in [2.05, 4.69) is 33.1 Å². The molecule has 0 spiro atoms. The van der Waals surface area contributed by atoms with Crippen LogP contribution in [-0.4, -0.2) is 25.3 Å². The summed E-state index contributed by atoms with van der Waals surface area (Å²) in [5, 5.41) is 3.43. The summed E-state index contributed by atoms with van der Waals surface area (Å²) < 4.78 is 6.97. The van der Waals surface area contributed by atoms with Crippen LogP contribution in [0.15, 0.2) is 0 Å². The first kappa shape index (κ1) is 15.8. The van der Waals surface area contributed by atoms with Crippen LogP contribution >= 0.6 is 0 Å². The van der Waals surface area contributed by atoms with Crippen LogP contribution in [0.4, 0.5) is 0 Å². The molecule has 0 aromatic rings. The number of fused-ring (bicyclic) bond motifs is 2. The number of ether oxygens (including phenoxy) is 1. The Hall–Kier alpha value is -0.0800. The summed E-state index contributed by atoms with van der Waals surface area (Å²) in [4.78, 5) is 0. The van der Waals surface area contributed by atoms with E-state index in [1.165, 1.54) is 57.8 Å². The molecule has 3 aliphatic rings. The van der Waals surface area contributed by atoms with Crippen molar-refractivity contribution in [3.63, 3.8) is 0 Å². The summed E-state index contributed by atoms with van der Waals surface area (Å²) in [7, 11) is 2.09. The largest absolute Gasteiger partial charge is 0.370 e. The van der Waals surface area contributed by atoms with Gasteiger partial charge in [0, 0.05) is 6.54 Å². The molecule has 2 heteroatoms. The summed E-state index contributed by atoms with van der Waals surface area (Å²) in [5.74, 6) is 0.880. The molecule has 0 aromatic carbocycles. The lowest BCUT2D eigenvalue weighted by molar-refractivity contribution is -0.148. The Labute approximate surface area is 131 Å². The van der Waals surface area contributed by atoms with E-state index in [0.29, 0.717) is 16.9 Å². The molecule has 3 fully saturated rings. The monoisotopic (exact) mass is 293 g/mol. The second-order valence-electron chi connectivity index (χ2n) is 8.84. The van der Waals surface area contributed by atoms with Gasteiger partial charge >= 0.3 is 0 Å². The first-order chi connectivity index (χ1) is 9.94. The molecule has 0 aliphatic heterocycles. The molecule has 3 aliphatic carbocycles. The molecule has 0 saturated heterocycles. The summed E-state index contributed by atoms with van der Waals surface area (Å²) >= 11 is 0. The van der Waals surface area contributed by atoms with E-state index in [-0.39, 0.29) is 5.60 Å². The van der Waals surface area contributed by atoms with Gasteiger partial charge in [-0.1, -0.05) is 46.5 Å². The summed E-state index contributed by atoms with van der Waals surface area (Å²) in [5.41, 5.74) is 0.966. The average molecular weight is 293 g/mol. The molecule has 3 saturated carbocycles. The topological polar surface area (TPSA) is 21.3 Å². The lowest BCUT2D eigenvalue weighted by atomic mass is 9.70. The number of rotatable bonds is 4. The molecule has 3 rings (SSSR count). The highest BCUT2D eigenvalue weighted by atomic mass is 16.5. The fraction of sp³-hybridized carbons (Fsp3) is 1.00. The van der Waals surface area contributed by atoms with Gasteiger partial charge < -0.3 is 10.1 Å². The van der Waals surface area contributed by atoms with E-state index in [9.17, 15) is 0 Å². The standard InChI is InChI=1S/C19H35NO/c1-17(2)15-9-12-18(17,3)16(13-15)21-19(14-20-4)10-7-5-6-8-11-19/h15-16,20H,5-14H2,1-4H3. The van der Waals surface area contributed by atoms with Crippen LogP contribution in [0.1, 0.15) is 78.6 Å². The molecule has 3 atom stereocenters.